The van der Waals surface area contributed by atoms with Gasteiger partial charge in [0, 0.05) is 6.54 Å². The number of hydrogen-bond acceptors (Lipinski definition) is 7. The maximum absolute atomic E-state index is 10.0. The zero-order chi connectivity index (χ0) is 15.9. The summed E-state index contributed by atoms with van der Waals surface area (Å²) in [6.07, 6.45) is -1.09. The van der Waals surface area contributed by atoms with Gasteiger partial charge in [0.25, 0.3) is 0 Å². The van der Waals surface area contributed by atoms with Crippen LogP contribution in [0.2, 0.25) is 0 Å². The number of rotatable bonds is 5. The first-order chi connectivity index (χ1) is 10.4. The Kier molecular flexibility index (Phi) is 4.76. The van der Waals surface area contributed by atoms with E-state index < -0.39 is 36.5 Å². The first-order valence-corrected chi connectivity index (χ1v) is 8.14. The van der Waals surface area contributed by atoms with Gasteiger partial charge in [-0.2, -0.15) is 0 Å². The van der Waals surface area contributed by atoms with E-state index in [1.165, 1.54) is 0 Å². The third-order valence-corrected chi connectivity index (χ3v) is 4.65. The van der Waals surface area contributed by atoms with Crippen molar-refractivity contribution in [3.63, 3.8) is 0 Å². The van der Waals surface area contributed by atoms with E-state index in [-0.39, 0.29) is 12.8 Å². The van der Waals surface area contributed by atoms with Crippen LogP contribution in [0.5, 0.6) is 0 Å². The van der Waals surface area contributed by atoms with Crippen molar-refractivity contribution in [3.05, 3.63) is 0 Å². The van der Waals surface area contributed by atoms with Gasteiger partial charge in [0.2, 0.25) is 0 Å². The summed E-state index contributed by atoms with van der Waals surface area (Å²) in [6.45, 7) is 7.44. The molecule has 0 spiro atoms. The molecule has 22 heavy (non-hydrogen) atoms. The van der Waals surface area contributed by atoms with E-state index in [0.29, 0.717) is 0 Å². The topological polar surface area (TPSA) is 80.6 Å². The second-order valence-corrected chi connectivity index (χ2v) is 6.64. The maximum Gasteiger partial charge on any atom is 0.184 e. The summed E-state index contributed by atoms with van der Waals surface area (Å²) in [5.74, 6) is -0.763. The molecule has 7 heteroatoms. The second-order valence-electron chi connectivity index (χ2n) is 6.64. The molecule has 128 valence electrons. The van der Waals surface area contributed by atoms with Crippen molar-refractivity contribution >= 4 is 0 Å². The molecule has 0 aliphatic carbocycles. The molecule has 3 rings (SSSR count). The van der Waals surface area contributed by atoms with Crippen LogP contribution in [0.1, 0.15) is 33.6 Å². The van der Waals surface area contributed by atoms with Gasteiger partial charge in [0.05, 0.1) is 6.61 Å². The molecule has 0 aromatic carbocycles. The summed E-state index contributed by atoms with van der Waals surface area (Å²) in [5, 5.41) is 19.8. The molecule has 3 saturated heterocycles. The zero-order valence-electron chi connectivity index (χ0n) is 13.5. The summed E-state index contributed by atoms with van der Waals surface area (Å²) in [7, 11) is 0. The fourth-order valence-corrected chi connectivity index (χ4v) is 3.64. The Morgan fingerprint density at radius 2 is 2.05 bits per heavy atom. The van der Waals surface area contributed by atoms with Crippen molar-refractivity contribution in [2.24, 2.45) is 0 Å². The van der Waals surface area contributed by atoms with Crippen LogP contribution >= 0.6 is 0 Å². The van der Waals surface area contributed by atoms with Crippen LogP contribution in [0.3, 0.4) is 0 Å². The number of hydrogen-bond donors (Lipinski definition) is 2. The van der Waals surface area contributed by atoms with Gasteiger partial charge in [-0.15, -0.1) is 0 Å². The standard InChI is InChI=1S/C15H27NO6/c1-4-16-7-5-6-10(16)19-9(8-17)11-12-13(14(18)20-11)22-15(2,3)21-12/h9-14,17-18H,4-8H2,1-3H3/t9-,10?,11-,12+,13+,14+/m1/s1. The quantitative estimate of drug-likeness (QED) is 0.741. The maximum atomic E-state index is 10.0. The van der Waals surface area contributed by atoms with Crippen molar-refractivity contribution in [1.82, 2.24) is 4.90 Å². The van der Waals surface area contributed by atoms with Gasteiger partial charge in [0.15, 0.2) is 12.1 Å². The van der Waals surface area contributed by atoms with Crippen LogP contribution in [0, 0.1) is 0 Å². The zero-order valence-corrected chi connectivity index (χ0v) is 13.5. The van der Waals surface area contributed by atoms with Crippen molar-refractivity contribution < 1.29 is 29.2 Å². The van der Waals surface area contributed by atoms with Gasteiger partial charge in [-0.1, -0.05) is 6.92 Å². The summed E-state index contributed by atoms with van der Waals surface area (Å²) >= 11 is 0. The minimum absolute atomic E-state index is 0.0164. The molecular formula is C15H27NO6. The van der Waals surface area contributed by atoms with Crippen LogP contribution in [-0.2, 0) is 18.9 Å². The Hall–Kier alpha value is -0.280. The predicted octanol–water partition coefficient (Wildman–Crippen LogP) is 0.0430. The number of aliphatic hydroxyl groups excluding tert-OH is 2. The van der Waals surface area contributed by atoms with E-state index in [1.54, 1.807) is 13.8 Å². The Labute approximate surface area is 131 Å². The Morgan fingerprint density at radius 3 is 2.73 bits per heavy atom. The summed E-state index contributed by atoms with van der Waals surface area (Å²) in [4.78, 5) is 2.24. The van der Waals surface area contributed by atoms with Gasteiger partial charge in [-0.3, -0.25) is 4.90 Å². The minimum atomic E-state index is -1.06. The average molecular weight is 317 g/mol. The predicted molar refractivity (Wildman–Crippen MR) is 76.9 cm³/mol. The van der Waals surface area contributed by atoms with Gasteiger partial charge >= 0.3 is 0 Å². The molecule has 1 unspecified atom stereocenters. The fraction of sp³-hybridized carbons (Fsp3) is 1.00. The lowest BCUT2D eigenvalue weighted by molar-refractivity contribution is -0.242. The highest BCUT2D eigenvalue weighted by Gasteiger charge is 2.57. The van der Waals surface area contributed by atoms with Crippen molar-refractivity contribution in [1.29, 1.82) is 0 Å². The molecule has 3 heterocycles. The van der Waals surface area contributed by atoms with Crippen molar-refractivity contribution in [3.8, 4) is 0 Å². The Balaban J connectivity index is 1.68. The highest BCUT2D eigenvalue weighted by Crippen LogP contribution is 2.39. The van der Waals surface area contributed by atoms with Crippen LogP contribution in [0.4, 0.5) is 0 Å². The van der Waals surface area contributed by atoms with Gasteiger partial charge in [-0.05, 0) is 33.2 Å². The first kappa shape index (κ1) is 16.6. The number of likely N-dealkylation sites (tertiary alicyclic amines) is 1. The summed E-state index contributed by atoms with van der Waals surface area (Å²) in [5.41, 5.74) is 0. The smallest absolute Gasteiger partial charge is 0.184 e. The highest BCUT2D eigenvalue weighted by molar-refractivity contribution is 4.98. The van der Waals surface area contributed by atoms with Crippen LogP contribution in [0.15, 0.2) is 0 Å². The van der Waals surface area contributed by atoms with Crippen molar-refractivity contribution in [2.45, 2.75) is 76.3 Å². The molecule has 3 aliphatic heterocycles. The number of fused-ring (bicyclic) bond motifs is 1. The lowest BCUT2D eigenvalue weighted by atomic mass is 10.1. The molecule has 0 radical (unpaired) electrons. The number of aliphatic hydroxyl groups is 2. The molecular weight excluding hydrogens is 290 g/mol. The van der Waals surface area contributed by atoms with Crippen LogP contribution < -0.4 is 0 Å². The second kappa shape index (κ2) is 6.32. The molecule has 0 aromatic rings. The fourth-order valence-electron chi connectivity index (χ4n) is 3.64. The molecule has 6 atom stereocenters. The van der Waals surface area contributed by atoms with E-state index in [0.717, 1.165) is 25.9 Å². The minimum Gasteiger partial charge on any atom is -0.394 e. The third-order valence-electron chi connectivity index (χ3n) is 4.65. The molecule has 7 nitrogen and oxygen atoms in total. The average Bonchev–Trinajstić information content (AvgIpc) is 3.11. The first-order valence-electron chi connectivity index (χ1n) is 8.14. The monoisotopic (exact) mass is 317 g/mol. The number of nitrogens with zero attached hydrogens (tertiary/aromatic N) is 1. The molecule has 0 saturated carbocycles. The van der Waals surface area contributed by atoms with Crippen molar-refractivity contribution in [2.75, 3.05) is 19.7 Å². The molecule has 2 N–H and O–H groups in total. The molecule has 0 aromatic heterocycles. The summed E-state index contributed by atoms with van der Waals surface area (Å²) < 4.78 is 23.2. The lowest BCUT2D eigenvalue weighted by Crippen LogP contribution is -2.46. The largest absolute Gasteiger partial charge is 0.394 e. The highest BCUT2D eigenvalue weighted by atomic mass is 16.8. The molecule has 3 fully saturated rings. The lowest BCUT2D eigenvalue weighted by Gasteiger charge is -2.32. The third kappa shape index (κ3) is 3.03. The van der Waals surface area contributed by atoms with E-state index in [9.17, 15) is 10.2 Å². The molecule has 0 bridgehead atoms. The van der Waals surface area contributed by atoms with Gasteiger partial charge in [0.1, 0.15) is 30.6 Å². The SMILES string of the molecule is CCN1CCCC1O[C@H](CO)[C@H]1O[C@H](O)[C@H]2OC(C)(C)O[C@H]21. The van der Waals surface area contributed by atoms with E-state index >= 15 is 0 Å². The van der Waals surface area contributed by atoms with E-state index in [4.69, 9.17) is 18.9 Å². The normalized spacial score (nSPS) is 42.7. The Bertz CT molecular complexity index is 392. The van der Waals surface area contributed by atoms with Crippen LogP contribution in [0.25, 0.3) is 0 Å². The molecule has 0 amide bonds. The molecule has 3 aliphatic rings. The van der Waals surface area contributed by atoms with Crippen LogP contribution in [-0.4, -0.2) is 77.5 Å². The Morgan fingerprint density at radius 1 is 1.32 bits per heavy atom. The number of ether oxygens (including phenoxy) is 4. The van der Waals surface area contributed by atoms with E-state index in [1.807, 2.05) is 0 Å². The van der Waals surface area contributed by atoms with E-state index in [2.05, 4.69) is 11.8 Å². The van der Waals surface area contributed by atoms with Gasteiger partial charge in [-0.25, -0.2) is 0 Å². The summed E-state index contributed by atoms with van der Waals surface area (Å²) in [6, 6.07) is 0. The van der Waals surface area contributed by atoms with Gasteiger partial charge < -0.3 is 29.2 Å².